The van der Waals surface area contributed by atoms with Crippen molar-refractivity contribution in [1.82, 2.24) is 29.5 Å². The quantitative estimate of drug-likeness (QED) is 0.336. The minimum absolute atomic E-state index is 0.299. The maximum atomic E-state index is 13.8. The third kappa shape index (κ3) is 4.70. The molecule has 4 aromatic heterocycles. The molecule has 0 amide bonds. The molecule has 9 heteroatoms. The monoisotopic (exact) mass is 471 g/mol. The first-order valence-corrected chi connectivity index (χ1v) is 11.1. The molecule has 7 nitrogen and oxygen atoms in total. The first-order chi connectivity index (χ1) is 16.8. The zero-order valence-corrected chi connectivity index (χ0v) is 19.5. The summed E-state index contributed by atoms with van der Waals surface area (Å²) in [7, 11) is 0. The van der Waals surface area contributed by atoms with Crippen LogP contribution in [-0.4, -0.2) is 29.5 Å². The SMILES string of the molecule is CC(C)(C)n1c(-c2cccc(F)n2)nc2cc(-c3cnc(NCc4cccc(F)n4)nc3)ccc21. The van der Waals surface area contributed by atoms with Gasteiger partial charge in [-0.2, -0.15) is 8.78 Å². The lowest BCUT2D eigenvalue weighted by Crippen LogP contribution is -2.22. The molecule has 0 saturated heterocycles. The van der Waals surface area contributed by atoms with Gasteiger partial charge in [0.2, 0.25) is 17.8 Å². The van der Waals surface area contributed by atoms with Crippen LogP contribution in [0.4, 0.5) is 14.7 Å². The number of nitrogens with zero attached hydrogens (tertiary/aromatic N) is 6. The second kappa shape index (κ2) is 8.83. The molecule has 176 valence electrons. The van der Waals surface area contributed by atoms with Gasteiger partial charge in [-0.05, 0) is 62.7 Å². The summed E-state index contributed by atoms with van der Waals surface area (Å²) in [6.45, 7) is 6.53. The molecule has 4 heterocycles. The maximum Gasteiger partial charge on any atom is 0.222 e. The summed E-state index contributed by atoms with van der Waals surface area (Å²) in [6, 6.07) is 15.3. The highest BCUT2D eigenvalue weighted by Gasteiger charge is 2.23. The van der Waals surface area contributed by atoms with E-state index in [9.17, 15) is 8.78 Å². The van der Waals surface area contributed by atoms with Crippen LogP contribution >= 0.6 is 0 Å². The Morgan fingerprint density at radius 1 is 0.829 bits per heavy atom. The number of anilines is 1. The molecular weight excluding hydrogens is 448 g/mol. The van der Waals surface area contributed by atoms with Crippen molar-refractivity contribution in [2.24, 2.45) is 0 Å². The molecule has 5 rings (SSSR count). The molecule has 0 saturated carbocycles. The normalized spacial score (nSPS) is 11.7. The number of hydrogen-bond donors (Lipinski definition) is 1. The number of rotatable bonds is 5. The van der Waals surface area contributed by atoms with E-state index in [1.807, 2.05) is 18.2 Å². The van der Waals surface area contributed by atoms with Crippen LogP contribution < -0.4 is 5.32 Å². The third-order valence-electron chi connectivity index (χ3n) is 5.46. The van der Waals surface area contributed by atoms with Gasteiger partial charge in [-0.1, -0.05) is 18.2 Å². The van der Waals surface area contributed by atoms with E-state index in [0.29, 0.717) is 29.7 Å². The summed E-state index contributed by atoms with van der Waals surface area (Å²) < 4.78 is 29.2. The van der Waals surface area contributed by atoms with Crippen LogP contribution in [0.3, 0.4) is 0 Å². The van der Waals surface area contributed by atoms with E-state index in [4.69, 9.17) is 4.98 Å². The largest absolute Gasteiger partial charge is 0.349 e. The van der Waals surface area contributed by atoms with Crippen molar-refractivity contribution in [2.75, 3.05) is 5.32 Å². The first-order valence-electron chi connectivity index (χ1n) is 11.1. The van der Waals surface area contributed by atoms with E-state index >= 15 is 0 Å². The summed E-state index contributed by atoms with van der Waals surface area (Å²) in [5, 5.41) is 3.04. The van der Waals surface area contributed by atoms with Gasteiger partial charge in [0.25, 0.3) is 0 Å². The number of benzene rings is 1. The minimum Gasteiger partial charge on any atom is -0.349 e. The highest BCUT2D eigenvalue weighted by molar-refractivity contribution is 5.85. The van der Waals surface area contributed by atoms with Crippen LogP contribution in [-0.2, 0) is 12.1 Å². The fraction of sp³-hybridized carbons (Fsp3) is 0.192. The lowest BCUT2D eigenvalue weighted by molar-refractivity contribution is 0.412. The number of imidazole rings is 1. The van der Waals surface area contributed by atoms with Gasteiger partial charge in [0.15, 0.2) is 5.82 Å². The van der Waals surface area contributed by atoms with Gasteiger partial charge in [0.05, 0.1) is 23.3 Å². The van der Waals surface area contributed by atoms with Gasteiger partial charge in [-0.3, -0.25) is 0 Å². The molecule has 0 fully saturated rings. The summed E-state index contributed by atoms with van der Waals surface area (Å²) >= 11 is 0. The average Bonchev–Trinajstić information content (AvgIpc) is 3.23. The predicted octanol–water partition coefficient (Wildman–Crippen LogP) is 5.60. The second-order valence-electron chi connectivity index (χ2n) is 9.09. The Morgan fingerprint density at radius 3 is 2.23 bits per heavy atom. The Labute approximate surface area is 201 Å². The molecule has 35 heavy (non-hydrogen) atoms. The summed E-state index contributed by atoms with van der Waals surface area (Å²) in [4.78, 5) is 21.4. The molecule has 1 N–H and O–H groups in total. The van der Waals surface area contributed by atoms with E-state index in [2.05, 4.69) is 50.6 Å². The van der Waals surface area contributed by atoms with Crippen molar-refractivity contribution >= 4 is 17.0 Å². The predicted molar refractivity (Wildman–Crippen MR) is 130 cm³/mol. The molecule has 5 aromatic rings. The number of aromatic nitrogens is 6. The molecule has 0 aliphatic heterocycles. The van der Waals surface area contributed by atoms with Crippen molar-refractivity contribution < 1.29 is 8.78 Å². The van der Waals surface area contributed by atoms with E-state index in [-0.39, 0.29) is 5.54 Å². The van der Waals surface area contributed by atoms with Crippen LogP contribution in [0.2, 0.25) is 0 Å². The zero-order chi connectivity index (χ0) is 24.6. The fourth-order valence-electron chi connectivity index (χ4n) is 3.93. The van der Waals surface area contributed by atoms with E-state index < -0.39 is 11.9 Å². The van der Waals surface area contributed by atoms with E-state index in [0.717, 1.165) is 22.2 Å². The Morgan fingerprint density at radius 2 is 1.54 bits per heavy atom. The summed E-state index contributed by atoms with van der Waals surface area (Å²) in [5.74, 6) is -0.0563. The van der Waals surface area contributed by atoms with Crippen molar-refractivity contribution in [3.63, 3.8) is 0 Å². The molecule has 0 bridgehead atoms. The number of hydrogen-bond acceptors (Lipinski definition) is 6. The van der Waals surface area contributed by atoms with Gasteiger partial charge in [0, 0.05) is 23.5 Å². The lowest BCUT2D eigenvalue weighted by atomic mass is 10.1. The first kappa shape index (κ1) is 22.5. The molecule has 0 spiro atoms. The number of fused-ring (bicyclic) bond motifs is 1. The number of nitrogens with one attached hydrogen (secondary N) is 1. The van der Waals surface area contributed by atoms with Crippen LogP contribution in [0.25, 0.3) is 33.7 Å². The van der Waals surface area contributed by atoms with Gasteiger partial charge < -0.3 is 9.88 Å². The van der Waals surface area contributed by atoms with Crippen molar-refractivity contribution in [1.29, 1.82) is 0 Å². The highest BCUT2D eigenvalue weighted by atomic mass is 19.1. The molecule has 0 atom stereocenters. The van der Waals surface area contributed by atoms with E-state index in [1.165, 1.54) is 12.1 Å². The Kier molecular flexibility index (Phi) is 5.68. The minimum atomic E-state index is -0.547. The second-order valence-corrected chi connectivity index (χ2v) is 9.09. The van der Waals surface area contributed by atoms with Gasteiger partial charge in [0.1, 0.15) is 5.69 Å². The van der Waals surface area contributed by atoms with Crippen LogP contribution in [0.5, 0.6) is 0 Å². The van der Waals surface area contributed by atoms with Crippen LogP contribution in [0.1, 0.15) is 26.5 Å². The van der Waals surface area contributed by atoms with Gasteiger partial charge in [-0.25, -0.2) is 24.9 Å². The molecular formula is C26H23F2N7. The summed E-state index contributed by atoms with van der Waals surface area (Å²) in [6.07, 6.45) is 3.43. The van der Waals surface area contributed by atoms with Gasteiger partial charge in [-0.15, -0.1) is 0 Å². The Bertz CT molecular complexity index is 1500. The Hall–Kier alpha value is -4.27. The molecule has 0 unspecified atom stereocenters. The number of halogens is 2. The molecule has 0 aliphatic rings. The van der Waals surface area contributed by atoms with Crippen molar-refractivity contribution in [3.8, 4) is 22.6 Å². The summed E-state index contributed by atoms with van der Waals surface area (Å²) in [5.41, 5.74) is 4.13. The van der Waals surface area contributed by atoms with Crippen molar-refractivity contribution in [3.05, 3.63) is 84.6 Å². The average molecular weight is 472 g/mol. The standard InChI is InChI=1S/C26H23F2N7/c1-26(2,3)35-21-11-10-16(12-20(21)34-24(35)19-7-5-9-23(28)33-19)17-13-29-25(30-14-17)31-15-18-6-4-8-22(27)32-18/h4-14H,15H2,1-3H3,(H,29,30,31). The number of pyridine rings is 2. The smallest absolute Gasteiger partial charge is 0.222 e. The zero-order valence-electron chi connectivity index (χ0n) is 19.5. The Balaban J connectivity index is 1.45. The topological polar surface area (TPSA) is 81.4 Å². The van der Waals surface area contributed by atoms with Crippen LogP contribution in [0, 0.1) is 11.9 Å². The highest BCUT2D eigenvalue weighted by Crippen LogP contribution is 2.32. The van der Waals surface area contributed by atoms with Gasteiger partial charge >= 0.3 is 0 Å². The maximum absolute atomic E-state index is 13.8. The third-order valence-corrected chi connectivity index (χ3v) is 5.46. The molecule has 0 aliphatic carbocycles. The molecule has 0 radical (unpaired) electrons. The van der Waals surface area contributed by atoms with Crippen molar-refractivity contribution in [2.45, 2.75) is 32.9 Å². The lowest BCUT2D eigenvalue weighted by Gasteiger charge is -2.24. The molecule has 1 aromatic carbocycles. The van der Waals surface area contributed by atoms with Crippen LogP contribution in [0.15, 0.2) is 67.0 Å². The fourth-order valence-corrected chi connectivity index (χ4v) is 3.93. The van der Waals surface area contributed by atoms with E-state index in [1.54, 1.807) is 36.7 Å².